The Morgan fingerprint density at radius 3 is 2.87 bits per heavy atom. The molecule has 0 bridgehead atoms. The molecular formula is C23H16N2O3S2. The Morgan fingerprint density at radius 1 is 1.13 bits per heavy atom. The largest absolute Gasteiger partial charge is 0.423 e. The van der Waals surface area contributed by atoms with Crippen molar-refractivity contribution >= 4 is 55.1 Å². The van der Waals surface area contributed by atoms with Gasteiger partial charge in [-0.15, -0.1) is 17.9 Å². The zero-order valence-corrected chi connectivity index (χ0v) is 17.5. The van der Waals surface area contributed by atoms with Gasteiger partial charge in [-0.3, -0.25) is 9.36 Å². The maximum absolute atomic E-state index is 12.9. The molecule has 30 heavy (non-hydrogen) atoms. The van der Waals surface area contributed by atoms with Crippen molar-refractivity contribution in [1.29, 1.82) is 0 Å². The minimum atomic E-state index is -0.390. The minimum absolute atomic E-state index is 0.0773. The molecule has 0 fully saturated rings. The number of nitrogens with zero attached hydrogens (tertiary/aromatic N) is 2. The molecule has 0 atom stereocenters. The number of hydrogen-bond donors (Lipinski definition) is 0. The molecular weight excluding hydrogens is 416 g/mol. The van der Waals surface area contributed by atoms with Crippen molar-refractivity contribution in [2.24, 2.45) is 0 Å². The summed E-state index contributed by atoms with van der Waals surface area (Å²) in [7, 11) is 0. The molecule has 0 amide bonds. The first-order valence-electron chi connectivity index (χ1n) is 9.32. The van der Waals surface area contributed by atoms with Crippen LogP contribution in [-0.4, -0.2) is 9.55 Å². The maximum atomic E-state index is 12.9. The van der Waals surface area contributed by atoms with E-state index in [1.807, 2.05) is 41.8 Å². The highest BCUT2D eigenvalue weighted by Gasteiger charge is 2.14. The van der Waals surface area contributed by atoms with Gasteiger partial charge in [-0.2, -0.15) is 0 Å². The zero-order chi connectivity index (χ0) is 20.7. The third kappa shape index (κ3) is 3.16. The summed E-state index contributed by atoms with van der Waals surface area (Å²) in [4.78, 5) is 30.4. The summed E-state index contributed by atoms with van der Waals surface area (Å²) < 4.78 is 7.07. The summed E-state index contributed by atoms with van der Waals surface area (Å²) in [5, 5.41) is 6.11. The van der Waals surface area contributed by atoms with Gasteiger partial charge in [-0.25, -0.2) is 9.78 Å². The van der Waals surface area contributed by atoms with Gasteiger partial charge in [0.05, 0.1) is 5.39 Å². The first-order chi connectivity index (χ1) is 14.7. The summed E-state index contributed by atoms with van der Waals surface area (Å²) in [6.07, 6.45) is 1.69. The highest BCUT2D eigenvalue weighted by molar-refractivity contribution is 7.98. The second-order valence-corrected chi connectivity index (χ2v) is 8.61. The number of fused-ring (bicyclic) bond motifs is 4. The van der Waals surface area contributed by atoms with Crippen molar-refractivity contribution in [3.63, 3.8) is 0 Å². The van der Waals surface area contributed by atoms with E-state index in [0.29, 0.717) is 33.3 Å². The predicted molar refractivity (Wildman–Crippen MR) is 124 cm³/mol. The number of hydrogen-bond acceptors (Lipinski definition) is 6. The summed E-state index contributed by atoms with van der Waals surface area (Å²) in [6, 6.07) is 15.1. The Balaban J connectivity index is 1.64. The lowest BCUT2D eigenvalue weighted by molar-refractivity contribution is 0.560. The van der Waals surface area contributed by atoms with Gasteiger partial charge in [0, 0.05) is 23.8 Å². The quantitative estimate of drug-likeness (QED) is 0.126. The topological polar surface area (TPSA) is 65.1 Å². The summed E-state index contributed by atoms with van der Waals surface area (Å²) >= 11 is 2.88. The number of allylic oxidation sites excluding steroid dienone is 1. The number of rotatable bonds is 5. The molecule has 0 aliphatic heterocycles. The molecule has 0 unspecified atom stereocenters. The van der Waals surface area contributed by atoms with Gasteiger partial charge in [0.25, 0.3) is 5.56 Å². The summed E-state index contributed by atoms with van der Waals surface area (Å²) in [5.41, 5.74) is 0.945. The highest BCUT2D eigenvalue weighted by atomic mass is 32.2. The molecule has 0 radical (unpaired) electrons. The monoisotopic (exact) mass is 432 g/mol. The van der Waals surface area contributed by atoms with E-state index in [9.17, 15) is 9.59 Å². The standard InChI is InChI=1S/C23H16N2O3S2/c1-2-10-25-22(27)17-9-11-29-21(17)24-23(25)30-13-15-12-19(26)28-18-8-7-14-5-3-4-6-16(14)20(15)18/h2-9,11-12H,1,10,13H2. The molecule has 5 nitrogen and oxygen atoms in total. The fraction of sp³-hybridized carbons (Fsp3) is 0.0870. The van der Waals surface area contributed by atoms with E-state index in [-0.39, 0.29) is 5.56 Å². The minimum Gasteiger partial charge on any atom is -0.423 e. The molecule has 3 aromatic heterocycles. The van der Waals surface area contributed by atoms with Crippen LogP contribution >= 0.6 is 23.1 Å². The average Bonchev–Trinajstić information content (AvgIpc) is 3.23. The SMILES string of the molecule is C=CCn1c(SCc2cc(=O)oc3ccc4ccccc4c23)nc2sccc2c1=O. The van der Waals surface area contributed by atoms with Crippen molar-refractivity contribution in [2.75, 3.05) is 0 Å². The third-order valence-electron chi connectivity index (χ3n) is 4.93. The summed E-state index contributed by atoms with van der Waals surface area (Å²) in [5.74, 6) is 0.483. The van der Waals surface area contributed by atoms with Crippen LogP contribution in [0.1, 0.15) is 5.56 Å². The Kier molecular flexibility index (Phi) is 4.77. The van der Waals surface area contributed by atoms with Crippen molar-refractivity contribution in [2.45, 2.75) is 17.5 Å². The van der Waals surface area contributed by atoms with Gasteiger partial charge in [-0.05, 0) is 33.8 Å². The summed E-state index contributed by atoms with van der Waals surface area (Å²) in [6.45, 7) is 4.14. The molecule has 0 saturated heterocycles. The van der Waals surface area contributed by atoms with Crippen LogP contribution in [0.3, 0.4) is 0 Å². The molecule has 0 aliphatic rings. The van der Waals surface area contributed by atoms with E-state index in [1.165, 1.54) is 29.2 Å². The Hall–Kier alpha value is -3.16. The molecule has 0 spiro atoms. The number of aromatic nitrogens is 2. The van der Waals surface area contributed by atoms with Gasteiger partial charge in [0.1, 0.15) is 10.4 Å². The molecule has 2 aromatic carbocycles. The number of benzene rings is 2. The number of thioether (sulfide) groups is 1. The molecule has 5 rings (SSSR count). The smallest absolute Gasteiger partial charge is 0.336 e. The van der Waals surface area contributed by atoms with Gasteiger partial charge < -0.3 is 4.42 Å². The zero-order valence-electron chi connectivity index (χ0n) is 15.8. The lowest BCUT2D eigenvalue weighted by Gasteiger charge is -2.11. The van der Waals surface area contributed by atoms with E-state index in [0.717, 1.165) is 21.7 Å². The highest BCUT2D eigenvalue weighted by Crippen LogP contribution is 2.31. The Morgan fingerprint density at radius 2 is 2.00 bits per heavy atom. The molecule has 0 aliphatic carbocycles. The fourth-order valence-corrected chi connectivity index (χ4v) is 5.40. The first kappa shape index (κ1) is 18.8. The van der Waals surface area contributed by atoms with Gasteiger partial charge in [0.2, 0.25) is 0 Å². The van der Waals surface area contributed by atoms with Crippen molar-refractivity contribution in [3.05, 3.63) is 92.9 Å². The van der Waals surface area contributed by atoms with Gasteiger partial charge in [0.15, 0.2) is 5.16 Å². The van der Waals surface area contributed by atoms with E-state index in [1.54, 1.807) is 16.7 Å². The van der Waals surface area contributed by atoms with Crippen LogP contribution in [0, 0.1) is 0 Å². The first-order valence-corrected chi connectivity index (χ1v) is 11.2. The van der Waals surface area contributed by atoms with Crippen LogP contribution in [0.2, 0.25) is 0 Å². The second-order valence-electron chi connectivity index (χ2n) is 6.78. The van der Waals surface area contributed by atoms with Crippen LogP contribution in [0.4, 0.5) is 0 Å². The van der Waals surface area contributed by atoms with E-state index >= 15 is 0 Å². The van der Waals surface area contributed by atoms with Crippen LogP contribution in [0.25, 0.3) is 32.0 Å². The molecule has 0 saturated carbocycles. The Labute approximate surface area is 179 Å². The van der Waals surface area contributed by atoms with E-state index in [4.69, 9.17) is 4.42 Å². The van der Waals surface area contributed by atoms with Crippen molar-refractivity contribution < 1.29 is 4.42 Å². The number of thiophene rings is 1. The molecule has 5 aromatic rings. The predicted octanol–water partition coefficient (Wildman–Crippen LogP) is 5.20. The van der Waals surface area contributed by atoms with E-state index in [2.05, 4.69) is 11.6 Å². The van der Waals surface area contributed by atoms with Gasteiger partial charge in [-0.1, -0.05) is 48.2 Å². The lowest BCUT2D eigenvalue weighted by Crippen LogP contribution is -2.22. The molecule has 0 N–H and O–H groups in total. The molecule has 3 heterocycles. The average molecular weight is 433 g/mol. The third-order valence-corrected chi connectivity index (χ3v) is 6.76. The fourth-order valence-electron chi connectivity index (χ4n) is 3.61. The van der Waals surface area contributed by atoms with Crippen molar-refractivity contribution in [3.8, 4) is 0 Å². The van der Waals surface area contributed by atoms with Crippen LogP contribution < -0.4 is 11.2 Å². The van der Waals surface area contributed by atoms with E-state index < -0.39 is 5.63 Å². The van der Waals surface area contributed by atoms with Crippen molar-refractivity contribution in [1.82, 2.24) is 9.55 Å². The maximum Gasteiger partial charge on any atom is 0.336 e. The lowest BCUT2D eigenvalue weighted by atomic mass is 10.0. The van der Waals surface area contributed by atoms with Gasteiger partial charge >= 0.3 is 5.63 Å². The molecule has 7 heteroatoms. The van der Waals surface area contributed by atoms with Crippen LogP contribution in [-0.2, 0) is 12.3 Å². The van der Waals surface area contributed by atoms with Crippen LogP contribution in [0.5, 0.6) is 0 Å². The second kappa shape index (κ2) is 7.59. The van der Waals surface area contributed by atoms with Crippen LogP contribution in [0.15, 0.2) is 85.7 Å². The Bertz CT molecular complexity index is 1550. The molecule has 148 valence electrons. The normalized spacial score (nSPS) is 11.5.